The Morgan fingerprint density at radius 3 is 1.96 bits per heavy atom. The zero-order chi connectivity index (χ0) is 20.0. The number of rotatable bonds is 5. The summed E-state index contributed by atoms with van der Waals surface area (Å²) in [4.78, 5) is 5.20. The van der Waals surface area contributed by atoms with Gasteiger partial charge in [0, 0.05) is 9.80 Å². The molecule has 0 heterocycles. The third kappa shape index (κ3) is 5.60. The lowest BCUT2D eigenvalue weighted by molar-refractivity contribution is -0.0576. The highest BCUT2D eigenvalue weighted by Crippen LogP contribution is 2.36. The van der Waals surface area contributed by atoms with Crippen molar-refractivity contribution >= 4 is 28.1 Å². The molecule has 0 fully saturated rings. The van der Waals surface area contributed by atoms with Gasteiger partial charge in [-0.2, -0.15) is 13.2 Å². The van der Waals surface area contributed by atoms with Crippen LogP contribution >= 0.6 is 11.8 Å². The summed E-state index contributed by atoms with van der Waals surface area (Å²) in [7, 11) is 0. The average Bonchev–Trinajstić information content (AvgIpc) is 2.69. The van der Waals surface area contributed by atoms with Crippen LogP contribution in [0.5, 0.6) is 0 Å². The molecule has 0 spiro atoms. The molecule has 142 valence electrons. The summed E-state index contributed by atoms with van der Waals surface area (Å²) in [6.45, 7) is 1.97. The zero-order valence-corrected chi connectivity index (χ0v) is 16.0. The number of hydrogen-bond acceptors (Lipinski definition) is 2. The van der Waals surface area contributed by atoms with Gasteiger partial charge in [0.25, 0.3) is 0 Å². The Labute approximate surface area is 166 Å². The van der Waals surface area contributed by atoms with Crippen LogP contribution in [0.25, 0.3) is 4.91 Å². The molecule has 0 bridgehead atoms. The molecule has 0 atom stereocenters. The van der Waals surface area contributed by atoms with Gasteiger partial charge in [-0.15, -0.1) is 0 Å². The molecule has 0 aromatic heterocycles. The van der Waals surface area contributed by atoms with Gasteiger partial charge in [0.15, 0.2) is 0 Å². The Hall–Kier alpha value is -2.79. The maximum atomic E-state index is 13.7. The van der Waals surface area contributed by atoms with E-state index in [1.165, 1.54) is 11.8 Å². The number of alkyl halides is 3. The molecule has 3 aromatic rings. The first-order valence-corrected chi connectivity index (χ1v) is 9.46. The van der Waals surface area contributed by atoms with Crippen LogP contribution in [0.4, 0.5) is 18.9 Å². The largest absolute Gasteiger partial charge is 0.433 e. The van der Waals surface area contributed by atoms with E-state index in [4.69, 9.17) is 0 Å². The van der Waals surface area contributed by atoms with Crippen LogP contribution in [0.15, 0.2) is 101 Å². The molecule has 3 rings (SSSR count). The van der Waals surface area contributed by atoms with E-state index in [1.807, 2.05) is 37.3 Å². The molecule has 0 aliphatic heterocycles. The monoisotopic (exact) mass is 397 g/mol. The topological polar surface area (TPSA) is 12.4 Å². The first kappa shape index (κ1) is 20.0. The van der Waals surface area contributed by atoms with Crippen molar-refractivity contribution in [2.45, 2.75) is 18.0 Å². The van der Waals surface area contributed by atoms with Crippen molar-refractivity contribution in [2.75, 3.05) is 0 Å². The average molecular weight is 397 g/mol. The maximum Gasteiger partial charge on any atom is 0.433 e. The molecule has 0 unspecified atom stereocenters. The van der Waals surface area contributed by atoms with Gasteiger partial charge in [-0.05, 0) is 42.8 Å². The SMILES string of the molecule is Cc1ccc(S/C(=C\C(=Nc2ccccc2)C(F)(F)F)c2ccccc2)cc1. The van der Waals surface area contributed by atoms with Crippen molar-refractivity contribution < 1.29 is 13.2 Å². The normalized spacial score (nSPS) is 12.9. The third-order valence-electron chi connectivity index (χ3n) is 3.87. The number of allylic oxidation sites excluding steroid dienone is 1. The van der Waals surface area contributed by atoms with Crippen LogP contribution in [0.2, 0.25) is 0 Å². The van der Waals surface area contributed by atoms with Gasteiger partial charge in [-0.25, -0.2) is 4.99 Å². The number of benzene rings is 3. The molecular weight excluding hydrogens is 379 g/mol. The minimum Gasteiger partial charge on any atom is -0.244 e. The summed E-state index contributed by atoms with van der Waals surface area (Å²) >= 11 is 1.29. The summed E-state index contributed by atoms with van der Waals surface area (Å²) < 4.78 is 41.1. The molecule has 0 radical (unpaired) electrons. The van der Waals surface area contributed by atoms with E-state index in [2.05, 4.69) is 4.99 Å². The number of nitrogens with zero attached hydrogens (tertiary/aromatic N) is 1. The molecule has 0 amide bonds. The summed E-state index contributed by atoms with van der Waals surface area (Å²) in [6, 6.07) is 24.9. The van der Waals surface area contributed by atoms with E-state index < -0.39 is 11.9 Å². The van der Waals surface area contributed by atoms with Crippen molar-refractivity contribution in [1.29, 1.82) is 0 Å². The molecular formula is C23H18F3NS. The Morgan fingerprint density at radius 1 is 0.821 bits per heavy atom. The lowest BCUT2D eigenvalue weighted by Gasteiger charge is -2.12. The second-order valence-electron chi connectivity index (χ2n) is 6.12. The number of halogens is 3. The van der Waals surface area contributed by atoms with Gasteiger partial charge in [0.1, 0.15) is 5.71 Å². The van der Waals surface area contributed by atoms with E-state index in [1.54, 1.807) is 54.6 Å². The number of para-hydroxylation sites is 1. The first-order chi connectivity index (χ1) is 13.4. The Kier molecular flexibility index (Phi) is 6.37. The third-order valence-corrected chi connectivity index (χ3v) is 4.95. The highest BCUT2D eigenvalue weighted by molar-refractivity contribution is 8.08. The highest BCUT2D eigenvalue weighted by Gasteiger charge is 2.34. The lowest BCUT2D eigenvalue weighted by Crippen LogP contribution is -2.20. The molecule has 0 aliphatic carbocycles. The number of hydrogen-bond donors (Lipinski definition) is 0. The van der Waals surface area contributed by atoms with Gasteiger partial charge < -0.3 is 0 Å². The molecule has 5 heteroatoms. The number of thioether (sulfide) groups is 1. The van der Waals surface area contributed by atoms with Gasteiger partial charge >= 0.3 is 6.18 Å². The smallest absolute Gasteiger partial charge is 0.244 e. The van der Waals surface area contributed by atoms with Crippen LogP contribution in [-0.4, -0.2) is 11.9 Å². The zero-order valence-electron chi connectivity index (χ0n) is 15.1. The summed E-state index contributed by atoms with van der Waals surface area (Å²) in [5.41, 5.74) is 1.13. The Bertz CT molecular complexity index is 960. The highest BCUT2D eigenvalue weighted by atomic mass is 32.2. The second-order valence-corrected chi connectivity index (χ2v) is 7.24. The molecule has 3 aromatic carbocycles. The molecule has 28 heavy (non-hydrogen) atoms. The fourth-order valence-electron chi connectivity index (χ4n) is 2.45. The minimum absolute atomic E-state index is 0.263. The molecule has 0 aliphatic rings. The predicted molar refractivity (Wildman–Crippen MR) is 111 cm³/mol. The van der Waals surface area contributed by atoms with E-state index in [0.29, 0.717) is 10.5 Å². The van der Waals surface area contributed by atoms with Crippen LogP contribution in [-0.2, 0) is 0 Å². The summed E-state index contributed by atoms with van der Waals surface area (Å²) in [5.74, 6) is 0. The number of aliphatic imine (C=N–C) groups is 1. The van der Waals surface area contributed by atoms with E-state index >= 15 is 0 Å². The van der Waals surface area contributed by atoms with Gasteiger partial charge in [-0.1, -0.05) is 78.0 Å². The Morgan fingerprint density at radius 2 is 1.39 bits per heavy atom. The van der Waals surface area contributed by atoms with Crippen LogP contribution < -0.4 is 0 Å². The number of aryl methyl sites for hydroxylation is 1. The molecule has 0 saturated carbocycles. The standard InChI is InChI=1S/C23H18F3NS/c1-17-12-14-20(15-13-17)28-21(18-8-4-2-5-9-18)16-22(23(24,25)26)27-19-10-6-3-7-11-19/h2-16H,1H3/b21-16-,27-22?. The van der Waals surface area contributed by atoms with Crippen molar-refractivity contribution in [1.82, 2.24) is 0 Å². The van der Waals surface area contributed by atoms with Crippen molar-refractivity contribution in [2.24, 2.45) is 4.99 Å². The van der Waals surface area contributed by atoms with E-state index in [9.17, 15) is 13.2 Å². The fraction of sp³-hybridized carbons (Fsp3) is 0.0870. The summed E-state index contributed by atoms with van der Waals surface area (Å²) in [5, 5.41) is 0. The van der Waals surface area contributed by atoms with Crippen LogP contribution in [0, 0.1) is 6.92 Å². The van der Waals surface area contributed by atoms with E-state index in [-0.39, 0.29) is 5.69 Å². The van der Waals surface area contributed by atoms with Crippen molar-refractivity contribution in [3.63, 3.8) is 0 Å². The van der Waals surface area contributed by atoms with Gasteiger partial charge in [0.05, 0.1) is 5.69 Å². The van der Waals surface area contributed by atoms with Gasteiger partial charge in [0.2, 0.25) is 0 Å². The lowest BCUT2D eigenvalue weighted by atomic mass is 10.2. The quantitative estimate of drug-likeness (QED) is 0.321. The van der Waals surface area contributed by atoms with Crippen molar-refractivity contribution in [3.8, 4) is 0 Å². The predicted octanol–water partition coefficient (Wildman–Crippen LogP) is 7.46. The first-order valence-electron chi connectivity index (χ1n) is 8.64. The maximum absolute atomic E-state index is 13.7. The van der Waals surface area contributed by atoms with E-state index in [0.717, 1.165) is 16.5 Å². The van der Waals surface area contributed by atoms with Crippen molar-refractivity contribution in [3.05, 3.63) is 102 Å². The second kappa shape index (κ2) is 8.93. The fourth-order valence-corrected chi connectivity index (χ4v) is 3.40. The molecule has 0 saturated heterocycles. The van der Waals surface area contributed by atoms with Crippen LogP contribution in [0.1, 0.15) is 11.1 Å². The minimum atomic E-state index is -4.57. The molecule has 0 N–H and O–H groups in total. The summed E-state index contributed by atoms with van der Waals surface area (Å²) in [6.07, 6.45) is -3.45. The Balaban J connectivity index is 2.06. The molecule has 1 nitrogen and oxygen atoms in total. The van der Waals surface area contributed by atoms with Gasteiger partial charge in [-0.3, -0.25) is 0 Å². The van der Waals surface area contributed by atoms with Crippen LogP contribution in [0.3, 0.4) is 0 Å².